The first-order valence-corrected chi connectivity index (χ1v) is 11.9. The first-order chi connectivity index (χ1) is 16.2. The van der Waals surface area contributed by atoms with E-state index in [1.807, 2.05) is 48.7 Å². The number of thiocarbonyl (C=S) groups is 1. The van der Waals surface area contributed by atoms with E-state index < -0.39 is 0 Å². The van der Waals surface area contributed by atoms with Crippen LogP contribution in [0.5, 0.6) is 0 Å². The third kappa shape index (κ3) is 4.86. The third-order valence-corrected chi connectivity index (χ3v) is 6.82. The highest BCUT2D eigenvalue weighted by atomic mass is 32.2. The number of unbranched alkanes of at least 4 members (excludes halogenated alkanes) is 2. The van der Waals surface area contributed by atoms with Gasteiger partial charge in [0.25, 0.3) is 5.91 Å². The number of pyridine rings is 1. The van der Waals surface area contributed by atoms with Gasteiger partial charge in [-0.05, 0) is 49.2 Å². The molecule has 0 aliphatic carbocycles. The quantitative estimate of drug-likeness (QED) is 0.222. The van der Waals surface area contributed by atoms with Gasteiger partial charge in [0, 0.05) is 35.6 Å². The van der Waals surface area contributed by atoms with Gasteiger partial charge >= 0.3 is 0 Å². The summed E-state index contributed by atoms with van der Waals surface area (Å²) in [6, 6.07) is 14.1. The third-order valence-electron chi connectivity index (χ3n) is 5.44. The Labute approximate surface area is 199 Å². The minimum Gasteiger partial charge on any atom is -0.361 e. The molecule has 0 bridgehead atoms. The monoisotopic (exact) mass is 475 g/mol. The maximum absolute atomic E-state index is 12.9. The summed E-state index contributed by atoms with van der Waals surface area (Å²) in [4.78, 5) is 23.2. The highest BCUT2D eigenvalue weighted by molar-refractivity contribution is 8.26. The number of aromatic nitrogens is 6. The lowest BCUT2D eigenvalue weighted by Gasteiger charge is -2.13. The van der Waals surface area contributed by atoms with E-state index >= 15 is 0 Å². The lowest BCUT2D eigenvalue weighted by atomic mass is 10.1. The van der Waals surface area contributed by atoms with Gasteiger partial charge < -0.3 is 4.98 Å². The number of thioether (sulfide) groups is 1. The van der Waals surface area contributed by atoms with Gasteiger partial charge in [0.2, 0.25) is 0 Å². The van der Waals surface area contributed by atoms with Gasteiger partial charge in [-0.3, -0.25) is 9.69 Å². The average molecular weight is 476 g/mol. The topological polar surface area (TPSA) is 103 Å². The molecule has 0 saturated carbocycles. The number of carbonyl (C=O) groups excluding carboxylic acids is 1. The van der Waals surface area contributed by atoms with Crippen molar-refractivity contribution >= 4 is 51.2 Å². The number of amides is 1. The summed E-state index contributed by atoms with van der Waals surface area (Å²) in [5.74, 6) is 0.662. The fraction of sp³-hybridized carbons (Fsp3) is 0.217. The Balaban J connectivity index is 1.23. The van der Waals surface area contributed by atoms with E-state index in [9.17, 15) is 4.79 Å². The second-order valence-corrected chi connectivity index (χ2v) is 9.38. The summed E-state index contributed by atoms with van der Waals surface area (Å²) in [5, 5.41) is 15.1. The number of nitrogens with zero attached hydrogens (tertiary/aromatic N) is 5. The normalized spacial score (nSPS) is 15.3. The molecule has 0 unspecified atom stereocenters. The van der Waals surface area contributed by atoms with E-state index in [0.29, 0.717) is 21.6 Å². The number of aryl methyl sites for hydroxylation is 1. The summed E-state index contributed by atoms with van der Waals surface area (Å²) >= 11 is 6.80. The second kappa shape index (κ2) is 9.63. The first-order valence-electron chi connectivity index (χ1n) is 10.7. The molecule has 5 rings (SSSR count). The van der Waals surface area contributed by atoms with E-state index in [1.54, 1.807) is 4.90 Å². The van der Waals surface area contributed by atoms with Crippen molar-refractivity contribution in [3.8, 4) is 11.3 Å². The lowest BCUT2D eigenvalue weighted by Crippen LogP contribution is -2.29. The van der Waals surface area contributed by atoms with Crippen LogP contribution in [0.1, 0.15) is 30.8 Å². The van der Waals surface area contributed by atoms with Crippen molar-refractivity contribution in [2.24, 2.45) is 0 Å². The molecular weight excluding hydrogens is 454 g/mol. The van der Waals surface area contributed by atoms with Crippen molar-refractivity contribution in [2.75, 3.05) is 6.54 Å². The van der Waals surface area contributed by atoms with Crippen LogP contribution in [0.4, 0.5) is 0 Å². The largest absolute Gasteiger partial charge is 0.361 e. The molecule has 4 heterocycles. The number of benzene rings is 1. The number of H-pyrrole nitrogens is 2. The molecule has 1 saturated heterocycles. The Morgan fingerprint density at radius 2 is 2.06 bits per heavy atom. The van der Waals surface area contributed by atoms with E-state index in [1.165, 1.54) is 11.8 Å². The second-order valence-electron chi connectivity index (χ2n) is 7.70. The number of hydrogen-bond donors (Lipinski definition) is 2. The zero-order valence-corrected chi connectivity index (χ0v) is 19.3. The molecule has 1 amide bonds. The molecular formula is C23H21N7OS2. The van der Waals surface area contributed by atoms with Crippen molar-refractivity contribution in [1.82, 2.24) is 35.5 Å². The van der Waals surface area contributed by atoms with Crippen molar-refractivity contribution in [1.29, 1.82) is 0 Å². The lowest BCUT2D eigenvalue weighted by molar-refractivity contribution is -0.122. The van der Waals surface area contributed by atoms with Crippen LogP contribution in [0.3, 0.4) is 0 Å². The van der Waals surface area contributed by atoms with Gasteiger partial charge in [-0.25, -0.2) is 4.98 Å². The van der Waals surface area contributed by atoms with Crippen molar-refractivity contribution in [3.05, 3.63) is 65.1 Å². The fourth-order valence-corrected chi connectivity index (χ4v) is 5.04. The molecule has 0 radical (unpaired) electrons. The summed E-state index contributed by atoms with van der Waals surface area (Å²) in [6.45, 7) is 0.610. The minimum atomic E-state index is -0.0517. The maximum atomic E-state index is 12.9. The van der Waals surface area contributed by atoms with Crippen LogP contribution in [0.2, 0.25) is 0 Å². The Hall–Kier alpha value is -3.37. The molecule has 33 heavy (non-hydrogen) atoms. The van der Waals surface area contributed by atoms with Crippen LogP contribution in [-0.4, -0.2) is 52.3 Å². The summed E-state index contributed by atoms with van der Waals surface area (Å²) in [5.41, 5.74) is 3.73. The standard InChI is InChI=1S/C23H21N7OS2/c31-22-20(33-23(32)30(22)12-3-1-2-7-21-26-28-29-27-21)14-17-5-4-6-19(25-17)15-8-9-18-16(13-15)10-11-24-18/h4-6,8-11,13-14,24H,1-3,7,12H2,(H,26,27,28,29). The van der Waals surface area contributed by atoms with Crippen LogP contribution in [-0.2, 0) is 11.2 Å². The molecule has 2 N–H and O–H groups in total. The molecule has 4 aromatic rings. The molecule has 1 aliphatic rings. The molecule has 1 aromatic carbocycles. The highest BCUT2D eigenvalue weighted by Crippen LogP contribution is 2.33. The Morgan fingerprint density at radius 3 is 2.94 bits per heavy atom. The van der Waals surface area contributed by atoms with Gasteiger partial charge in [-0.1, -0.05) is 47.7 Å². The van der Waals surface area contributed by atoms with Gasteiger partial charge in [0.05, 0.1) is 16.3 Å². The number of aromatic amines is 2. The van der Waals surface area contributed by atoms with E-state index in [2.05, 4.69) is 31.7 Å². The van der Waals surface area contributed by atoms with Crippen LogP contribution < -0.4 is 0 Å². The Morgan fingerprint density at radius 1 is 1.12 bits per heavy atom. The highest BCUT2D eigenvalue weighted by Gasteiger charge is 2.31. The minimum absolute atomic E-state index is 0.0517. The van der Waals surface area contributed by atoms with Gasteiger partial charge in [-0.15, -0.1) is 10.2 Å². The summed E-state index contributed by atoms with van der Waals surface area (Å²) < 4.78 is 0.596. The fourth-order valence-electron chi connectivity index (χ4n) is 3.75. The molecule has 0 spiro atoms. The predicted octanol–water partition coefficient (Wildman–Crippen LogP) is 4.36. The Kier molecular flexibility index (Phi) is 6.27. The average Bonchev–Trinajstić information content (AvgIpc) is 3.56. The number of rotatable bonds is 8. The number of hydrogen-bond acceptors (Lipinski definition) is 7. The maximum Gasteiger partial charge on any atom is 0.266 e. The number of carbonyl (C=O) groups is 1. The summed E-state index contributed by atoms with van der Waals surface area (Å²) in [7, 11) is 0. The van der Waals surface area contributed by atoms with Crippen LogP contribution in [0, 0.1) is 0 Å². The molecule has 10 heteroatoms. The number of nitrogens with one attached hydrogen (secondary N) is 2. The molecule has 0 atom stereocenters. The molecule has 1 aliphatic heterocycles. The van der Waals surface area contributed by atoms with E-state index in [0.717, 1.165) is 53.5 Å². The molecule has 1 fully saturated rings. The first kappa shape index (κ1) is 21.5. The van der Waals surface area contributed by atoms with Crippen molar-refractivity contribution in [3.63, 3.8) is 0 Å². The van der Waals surface area contributed by atoms with Gasteiger partial charge in [0.1, 0.15) is 4.32 Å². The van der Waals surface area contributed by atoms with Crippen LogP contribution >= 0.6 is 24.0 Å². The Bertz CT molecular complexity index is 1330. The van der Waals surface area contributed by atoms with E-state index in [-0.39, 0.29) is 5.91 Å². The molecule has 3 aromatic heterocycles. The van der Waals surface area contributed by atoms with Crippen molar-refractivity contribution in [2.45, 2.75) is 25.7 Å². The van der Waals surface area contributed by atoms with Crippen molar-refractivity contribution < 1.29 is 4.79 Å². The molecule has 166 valence electrons. The smallest absolute Gasteiger partial charge is 0.266 e. The number of tetrazole rings is 1. The van der Waals surface area contributed by atoms with Crippen LogP contribution in [0.15, 0.2) is 53.6 Å². The predicted molar refractivity (Wildman–Crippen MR) is 133 cm³/mol. The van der Waals surface area contributed by atoms with Gasteiger partial charge in [0.15, 0.2) is 5.82 Å². The molecule has 8 nitrogen and oxygen atoms in total. The zero-order chi connectivity index (χ0) is 22.6. The summed E-state index contributed by atoms with van der Waals surface area (Å²) in [6.07, 6.45) is 7.29. The SMILES string of the molecule is O=C1C(=Cc2cccc(-c3ccc4[nH]ccc4c3)n2)SC(=S)N1CCCCCc1nn[nH]n1. The van der Waals surface area contributed by atoms with Crippen LogP contribution in [0.25, 0.3) is 28.2 Å². The zero-order valence-electron chi connectivity index (χ0n) is 17.7. The van der Waals surface area contributed by atoms with E-state index in [4.69, 9.17) is 17.2 Å². The number of fused-ring (bicyclic) bond motifs is 1. The van der Waals surface area contributed by atoms with Gasteiger partial charge in [-0.2, -0.15) is 5.21 Å².